The lowest BCUT2D eigenvalue weighted by atomic mass is 9.82. The Morgan fingerprint density at radius 2 is 0.896 bits per heavy atom. The average Bonchev–Trinajstić information content (AvgIpc) is 3.54. The van der Waals surface area contributed by atoms with E-state index < -0.39 is 5.67 Å². The molecule has 9 rings (SSSR count). The molecule has 0 heterocycles. The second kappa shape index (κ2) is 10.7. The van der Waals surface area contributed by atoms with Crippen LogP contribution in [0.4, 0.5) is 21.5 Å². The van der Waals surface area contributed by atoms with Crippen molar-refractivity contribution in [1.29, 1.82) is 0 Å². The van der Waals surface area contributed by atoms with Crippen LogP contribution in [0.25, 0.3) is 33.4 Å². The average molecular weight is 620 g/mol. The summed E-state index contributed by atoms with van der Waals surface area (Å²) in [4.78, 5) is 2.32. The zero-order chi connectivity index (χ0) is 32.5. The van der Waals surface area contributed by atoms with Crippen molar-refractivity contribution < 1.29 is 4.39 Å². The molecular formula is C46H34FN. The number of benzene rings is 7. The first-order valence-electron chi connectivity index (χ1n) is 16.6. The number of rotatable bonds is 5. The predicted octanol–water partition coefficient (Wildman–Crippen LogP) is 12.4. The van der Waals surface area contributed by atoms with Gasteiger partial charge >= 0.3 is 0 Å². The van der Waals surface area contributed by atoms with Crippen molar-refractivity contribution in [1.82, 2.24) is 0 Å². The number of hydrogen-bond donors (Lipinski definition) is 0. The van der Waals surface area contributed by atoms with Crippen LogP contribution < -0.4 is 4.90 Å². The Bertz CT molecular complexity index is 2340. The Labute approximate surface area is 281 Å². The molecule has 2 aliphatic rings. The molecule has 0 bridgehead atoms. The summed E-state index contributed by atoms with van der Waals surface area (Å²) in [6.07, 6.45) is 0. The molecular weight excluding hydrogens is 586 g/mol. The molecule has 7 aromatic carbocycles. The third-order valence-corrected chi connectivity index (χ3v) is 10.4. The largest absolute Gasteiger partial charge is 0.310 e. The molecule has 2 aliphatic carbocycles. The van der Waals surface area contributed by atoms with E-state index in [4.69, 9.17) is 0 Å². The fourth-order valence-electron chi connectivity index (χ4n) is 8.12. The van der Waals surface area contributed by atoms with Gasteiger partial charge in [0, 0.05) is 33.5 Å². The van der Waals surface area contributed by atoms with Crippen molar-refractivity contribution in [3.05, 3.63) is 198 Å². The minimum absolute atomic E-state index is 0.159. The van der Waals surface area contributed by atoms with Crippen molar-refractivity contribution in [2.45, 2.75) is 24.9 Å². The normalized spacial score (nSPS) is 16.5. The van der Waals surface area contributed by atoms with Gasteiger partial charge in [-0.1, -0.05) is 153 Å². The molecule has 0 amide bonds. The van der Waals surface area contributed by atoms with E-state index in [-0.39, 0.29) is 5.41 Å². The van der Waals surface area contributed by atoms with E-state index in [0.717, 1.165) is 39.3 Å². The molecule has 0 radical (unpaired) electrons. The maximum Gasteiger partial charge on any atom is 0.187 e. The third-order valence-electron chi connectivity index (χ3n) is 10.4. The summed E-state index contributed by atoms with van der Waals surface area (Å²) in [7, 11) is 0. The summed E-state index contributed by atoms with van der Waals surface area (Å²) in [6, 6.07) is 58.5. The van der Waals surface area contributed by atoms with E-state index in [1.807, 2.05) is 60.7 Å². The van der Waals surface area contributed by atoms with Crippen LogP contribution in [0, 0.1) is 0 Å². The number of anilines is 3. The highest BCUT2D eigenvalue weighted by molar-refractivity contribution is 5.92. The van der Waals surface area contributed by atoms with Crippen molar-refractivity contribution >= 4 is 17.1 Å². The van der Waals surface area contributed by atoms with Gasteiger partial charge in [0.25, 0.3) is 0 Å². The molecule has 0 aliphatic heterocycles. The van der Waals surface area contributed by atoms with Gasteiger partial charge in [0.05, 0.1) is 5.69 Å². The van der Waals surface area contributed by atoms with Gasteiger partial charge in [0.2, 0.25) is 0 Å². The van der Waals surface area contributed by atoms with Crippen molar-refractivity contribution in [3.8, 4) is 33.4 Å². The van der Waals surface area contributed by atoms with Gasteiger partial charge in [-0.25, -0.2) is 4.39 Å². The highest BCUT2D eigenvalue weighted by Crippen LogP contribution is 2.56. The van der Waals surface area contributed by atoms with Crippen LogP contribution in [0.2, 0.25) is 0 Å². The van der Waals surface area contributed by atoms with E-state index in [2.05, 4.69) is 128 Å². The maximum absolute atomic E-state index is 18.0. The summed E-state index contributed by atoms with van der Waals surface area (Å²) in [5.41, 5.74) is 12.4. The monoisotopic (exact) mass is 619 g/mol. The lowest BCUT2D eigenvalue weighted by Gasteiger charge is -2.31. The zero-order valence-corrected chi connectivity index (χ0v) is 27.0. The fraction of sp³-hybridized carbons (Fsp3) is 0.0870. The molecule has 0 N–H and O–H groups in total. The van der Waals surface area contributed by atoms with E-state index in [1.165, 1.54) is 22.3 Å². The molecule has 0 saturated heterocycles. The first-order valence-corrected chi connectivity index (χ1v) is 16.6. The van der Waals surface area contributed by atoms with Gasteiger partial charge in [-0.3, -0.25) is 0 Å². The molecule has 0 saturated carbocycles. The van der Waals surface area contributed by atoms with Crippen LogP contribution >= 0.6 is 0 Å². The smallest absolute Gasteiger partial charge is 0.187 e. The summed E-state index contributed by atoms with van der Waals surface area (Å²) in [6.45, 7) is 4.63. The highest BCUT2D eigenvalue weighted by Gasteiger charge is 2.45. The molecule has 0 aromatic heterocycles. The van der Waals surface area contributed by atoms with Crippen LogP contribution in [-0.2, 0) is 11.1 Å². The second-order valence-corrected chi connectivity index (χ2v) is 13.4. The number of fused-ring (bicyclic) bond motifs is 6. The molecule has 1 unspecified atom stereocenters. The first-order chi connectivity index (χ1) is 23.5. The SMILES string of the molecule is CC1(C)c2ccccc2-c2ccc(N(c3ccc4c(c3)C(F)(c3ccccc3)c3ccccc3-4)c3ccccc3-c3ccccc3)cc21. The van der Waals surface area contributed by atoms with Crippen LogP contribution in [0.15, 0.2) is 170 Å². The van der Waals surface area contributed by atoms with Crippen molar-refractivity contribution in [2.24, 2.45) is 0 Å². The maximum atomic E-state index is 18.0. The Kier molecular flexibility index (Phi) is 6.32. The minimum atomic E-state index is -1.78. The summed E-state index contributed by atoms with van der Waals surface area (Å²) in [5.74, 6) is 0. The molecule has 7 aromatic rings. The molecule has 48 heavy (non-hydrogen) atoms. The number of hydrogen-bond acceptors (Lipinski definition) is 1. The Hall–Kier alpha value is -5.73. The van der Waals surface area contributed by atoms with Gasteiger partial charge in [-0.15, -0.1) is 0 Å². The Morgan fingerprint density at radius 3 is 1.58 bits per heavy atom. The Morgan fingerprint density at radius 1 is 0.417 bits per heavy atom. The molecule has 1 atom stereocenters. The number of para-hydroxylation sites is 1. The topological polar surface area (TPSA) is 3.24 Å². The molecule has 230 valence electrons. The van der Waals surface area contributed by atoms with Crippen LogP contribution in [-0.4, -0.2) is 0 Å². The van der Waals surface area contributed by atoms with Crippen LogP contribution in [0.1, 0.15) is 41.7 Å². The Balaban J connectivity index is 1.30. The highest BCUT2D eigenvalue weighted by atomic mass is 19.1. The standard InChI is InChI=1S/C46H34FN/c1-45(2)40-22-12-9-20-36(40)38-27-25-33(29-42(38)45)48(44-24-14-11-19-35(44)31-15-5-3-6-16-31)34-26-28-39-37-21-10-13-23-41(37)46(47,43(39)30-34)32-17-7-4-8-18-32/h3-30H,1-2H3. The second-order valence-electron chi connectivity index (χ2n) is 13.4. The van der Waals surface area contributed by atoms with Crippen molar-refractivity contribution in [2.75, 3.05) is 4.90 Å². The van der Waals surface area contributed by atoms with Gasteiger partial charge in [0.1, 0.15) is 0 Å². The molecule has 2 heteroatoms. The molecule has 0 fully saturated rings. The minimum Gasteiger partial charge on any atom is -0.310 e. The zero-order valence-electron chi connectivity index (χ0n) is 27.0. The lowest BCUT2D eigenvalue weighted by Crippen LogP contribution is -2.21. The number of alkyl halides is 1. The number of nitrogens with zero attached hydrogens (tertiary/aromatic N) is 1. The van der Waals surface area contributed by atoms with Crippen LogP contribution in [0.3, 0.4) is 0 Å². The quantitative estimate of drug-likeness (QED) is 0.185. The molecule has 1 nitrogen and oxygen atoms in total. The van der Waals surface area contributed by atoms with E-state index in [1.54, 1.807) is 0 Å². The summed E-state index contributed by atoms with van der Waals surface area (Å²) in [5, 5.41) is 0. The van der Waals surface area contributed by atoms with Crippen LogP contribution in [0.5, 0.6) is 0 Å². The molecule has 0 spiro atoms. The van der Waals surface area contributed by atoms with Crippen molar-refractivity contribution in [3.63, 3.8) is 0 Å². The van der Waals surface area contributed by atoms with Gasteiger partial charge in [0.15, 0.2) is 5.67 Å². The van der Waals surface area contributed by atoms with Gasteiger partial charge in [-0.05, 0) is 74.8 Å². The van der Waals surface area contributed by atoms with E-state index >= 15 is 4.39 Å². The first kappa shape index (κ1) is 28.5. The van der Waals surface area contributed by atoms with Gasteiger partial charge < -0.3 is 4.90 Å². The fourth-order valence-corrected chi connectivity index (χ4v) is 8.12. The number of halogens is 1. The van der Waals surface area contributed by atoms with E-state index in [9.17, 15) is 0 Å². The summed E-state index contributed by atoms with van der Waals surface area (Å²) < 4.78 is 18.0. The third kappa shape index (κ3) is 4.09. The van der Waals surface area contributed by atoms with E-state index in [0.29, 0.717) is 16.7 Å². The summed E-state index contributed by atoms with van der Waals surface area (Å²) >= 11 is 0. The predicted molar refractivity (Wildman–Crippen MR) is 197 cm³/mol. The van der Waals surface area contributed by atoms with Gasteiger partial charge in [-0.2, -0.15) is 0 Å². The lowest BCUT2D eigenvalue weighted by molar-refractivity contribution is 0.288.